The molecule has 0 amide bonds. The second-order valence-electron chi connectivity index (χ2n) is 6.30. The van der Waals surface area contributed by atoms with Crippen LogP contribution in [0.25, 0.3) is 27.6 Å². The highest BCUT2D eigenvalue weighted by Crippen LogP contribution is 2.38. The highest BCUT2D eigenvalue weighted by atomic mass is 16.3. The Balaban J connectivity index is 2.16. The number of hydrogen-bond acceptors (Lipinski definition) is 4. The van der Waals surface area contributed by atoms with Crippen LogP contribution in [0.4, 0.5) is 0 Å². The average Bonchev–Trinajstić information content (AvgIpc) is 2.91. The summed E-state index contributed by atoms with van der Waals surface area (Å²) in [5, 5.41) is 11.4. The van der Waals surface area contributed by atoms with E-state index in [0.29, 0.717) is 22.8 Å². The number of allylic oxidation sites excluding steroid dienone is 4. The Hall–Kier alpha value is -2.88. The van der Waals surface area contributed by atoms with Gasteiger partial charge in [-0.15, -0.1) is 0 Å². The van der Waals surface area contributed by atoms with Gasteiger partial charge in [0.25, 0.3) is 0 Å². The minimum atomic E-state index is -0.0403. The summed E-state index contributed by atoms with van der Waals surface area (Å²) in [4.78, 5) is 16.5. The molecule has 1 atom stereocenters. The van der Waals surface area contributed by atoms with Crippen LogP contribution >= 0.6 is 0 Å². The summed E-state index contributed by atoms with van der Waals surface area (Å²) in [6.07, 6.45) is 8.90. The zero-order valence-electron chi connectivity index (χ0n) is 13.5. The number of benzene rings is 1. The number of carbonyl (C=O) groups excluding carboxylic acids is 1. The number of ketones is 1. The SMILES string of the molecule is CC(=O)c1cnc2oc3ccc(O)cc3c2c1C1=CC(C)CC=C1. The third-order valence-corrected chi connectivity index (χ3v) is 4.42. The topological polar surface area (TPSA) is 63.3 Å². The number of Topliss-reactive ketones (excluding diaryl/α,β-unsaturated/α-hetero) is 1. The number of nitrogens with zero attached hydrogens (tertiary/aromatic N) is 1. The van der Waals surface area contributed by atoms with Crippen molar-refractivity contribution in [2.45, 2.75) is 20.3 Å². The molecule has 1 aliphatic carbocycles. The van der Waals surface area contributed by atoms with Gasteiger partial charge in [0.2, 0.25) is 5.71 Å². The first-order valence-electron chi connectivity index (χ1n) is 7.98. The van der Waals surface area contributed by atoms with Gasteiger partial charge in [0, 0.05) is 22.7 Å². The monoisotopic (exact) mass is 319 g/mol. The van der Waals surface area contributed by atoms with Gasteiger partial charge in [-0.1, -0.05) is 25.2 Å². The first-order valence-corrected chi connectivity index (χ1v) is 7.98. The van der Waals surface area contributed by atoms with Crippen molar-refractivity contribution in [3.8, 4) is 5.75 Å². The van der Waals surface area contributed by atoms with E-state index in [-0.39, 0.29) is 11.5 Å². The van der Waals surface area contributed by atoms with Crippen molar-refractivity contribution in [2.24, 2.45) is 5.92 Å². The number of furan rings is 1. The number of fused-ring (bicyclic) bond motifs is 3. The van der Waals surface area contributed by atoms with Gasteiger partial charge >= 0.3 is 0 Å². The van der Waals surface area contributed by atoms with Gasteiger partial charge in [0.1, 0.15) is 11.3 Å². The molecule has 1 aromatic carbocycles. The second-order valence-corrected chi connectivity index (χ2v) is 6.30. The molecule has 0 fully saturated rings. The standard InChI is InChI=1S/C20H17NO3/c1-11-4-3-5-13(8-11)18-16(12(2)22)10-21-20-19(18)15-9-14(23)6-7-17(15)24-20/h3,5-11,23H,4H2,1-2H3. The van der Waals surface area contributed by atoms with Gasteiger partial charge in [-0.3, -0.25) is 4.79 Å². The highest BCUT2D eigenvalue weighted by Gasteiger charge is 2.21. The summed E-state index contributed by atoms with van der Waals surface area (Å²) in [7, 11) is 0. The average molecular weight is 319 g/mol. The highest BCUT2D eigenvalue weighted by molar-refractivity contribution is 6.15. The molecule has 0 bridgehead atoms. The molecule has 4 nitrogen and oxygen atoms in total. The lowest BCUT2D eigenvalue weighted by atomic mass is 9.88. The minimum absolute atomic E-state index is 0.0403. The quantitative estimate of drug-likeness (QED) is 0.685. The van der Waals surface area contributed by atoms with Crippen LogP contribution in [-0.4, -0.2) is 15.9 Å². The molecule has 0 aliphatic heterocycles. The molecule has 0 saturated heterocycles. The molecule has 3 aromatic rings. The van der Waals surface area contributed by atoms with Gasteiger partial charge in [0.15, 0.2) is 5.78 Å². The van der Waals surface area contributed by atoms with E-state index in [2.05, 4.69) is 24.1 Å². The van der Waals surface area contributed by atoms with Crippen LogP contribution in [0.15, 0.2) is 47.0 Å². The van der Waals surface area contributed by atoms with E-state index >= 15 is 0 Å². The Morgan fingerprint density at radius 2 is 2.21 bits per heavy atom. The molecule has 1 aliphatic rings. The maximum atomic E-state index is 12.2. The fraction of sp³-hybridized carbons (Fsp3) is 0.200. The Bertz CT molecular complexity index is 1040. The van der Waals surface area contributed by atoms with Crippen LogP contribution in [0.1, 0.15) is 36.2 Å². The summed E-state index contributed by atoms with van der Waals surface area (Å²) >= 11 is 0. The van der Waals surface area contributed by atoms with Crippen LogP contribution in [0.5, 0.6) is 5.75 Å². The fourth-order valence-corrected chi connectivity index (χ4v) is 3.30. The number of rotatable bonds is 2. The summed E-state index contributed by atoms with van der Waals surface area (Å²) in [5.41, 5.74) is 3.52. The molecule has 4 heteroatoms. The maximum Gasteiger partial charge on any atom is 0.227 e. The number of phenols is 1. The van der Waals surface area contributed by atoms with Crippen LogP contribution in [0.3, 0.4) is 0 Å². The van der Waals surface area contributed by atoms with Crippen molar-refractivity contribution in [1.82, 2.24) is 4.98 Å². The number of aromatic nitrogens is 1. The largest absolute Gasteiger partial charge is 0.508 e. The maximum absolute atomic E-state index is 12.2. The summed E-state index contributed by atoms with van der Waals surface area (Å²) < 4.78 is 5.82. The van der Waals surface area contributed by atoms with Gasteiger partial charge in [-0.05, 0) is 43.0 Å². The molecule has 2 aromatic heterocycles. The molecule has 0 radical (unpaired) electrons. The van der Waals surface area contributed by atoms with Crippen molar-refractivity contribution in [1.29, 1.82) is 0 Å². The minimum Gasteiger partial charge on any atom is -0.508 e. The Labute approximate surface area is 139 Å². The van der Waals surface area contributed by atoms with Crippen molar-refractivity contribution in [3.63, 3.8) is 0 Å². The van der Waals surface area contributed by atoms with Crippen molar-refractivity contribution >= 4 is 33.4 Å². The normalized spacial score (nSPS) is 17.4. The van der Waals surface area contributed by atoms with Crippen LogP contribution < -0.4 is 0 Å². The molecular weight excluding hydrogens is 302 g/mol. The molecule has 2 heterocycles. The third-order valence-electron chi connectivity index (χ3n) is 4.42. The summed E-state index contributed by atoms with van der Waals surface area (Å²) in [6.45, 7) is 3.69. The number of carbonyl (C=O) groups is 1. The second kappa shape index (κ2) is 5.34. The Kier molecular flexibility index (Phi) is 3.27. The molecule has 120 valence electrons. The van der Waals surface area contributed by atoms with Crippen LogP contribution in [0.2, 0.25) is 0 Å². The lowest BCUT2D eigenvalue weighted by molar-refractivity contribution is 0.101. The van der Waals surface area contributed by atoms with E-state index in [1.807, 2.05) is 6.08 Å². The lowest BCUT2D eigenvalue weighted by Crippen LogP contribution is -2.03. The van der Waals surface area contributed by atoms with E-state index < -0.39 is 0 Å². The molecule has 24 heavy (non-hydrogen) atoms. The summed E-state index contributed by atoms with van der Waals surface area (Å²) in [6, 6.07) is 4.96. The smallest absolute Gasteiger partial charge is 0.227 e. The zero-order valence-corrected chi connectivity index (χ0v) is 13.5. The van der Waals surface area contributed by atoms with Gasteiger partial charge in [-0.25, -0.2) is 4.98 Å². The molecular formula is C20H17NO3. The Morgan fingerprint density at radius 3 is 2.96 bits per heavy atom. The fourth-order valence-electron chi connectivity index (χ4n) is 3.30. The van der Waals surface area contributed by atoms with Gasteiger partial charge in [-0.2, -0.15) is 0 Å². The predicted molar refractivity (Wildman–Crippen MR) is 94.1 cm³/mol. The third kappa shape index (κ3) is 2.22. The first kappa shape index (κ1) is 14.7. The van der Waals surface area contributed by atoms with Crippen LogP contribution in [-0.2, 0) is 0 Å². The number of aromatic hydroxyl groups is 1. The lowest BCUT2D eigenvalue weighted by Gasteiger charge is -2.15. The van der Waals surface area contributed by atoms with Crippen molar-refractivity contribution < 1.29 is 14.3 Å². The predicted octanol–water partition coefficient (Wildman–Crippen LogP) is 4.87. The number of hydrogen-bond donors (Lipinski definition) is 1. The number of phenolic OH excluding ortho intramolecular Hbond substituents is 1. The van der Waals surface area contributed by atoms with E-state index in [4.69, 9.17) is 4.42 Å². The van der Waals surface area contributed by atoms with Gasteiger partial charge in [0.05, 0.1) is 5.39 Å². The molecule has 1 unspecified atom stereocenters. The molecule has 1 N–H and O–H groups in total. The van der Waals surface area contributed by atoms with Crippen molar-refractivity contribution in [3.05, 3.63) is 53.8 Å². The summed E-state index contributed by atoms with van der Waals surface area (Å²) in [5.74, 6) is 0.520. The van der Waals surface area contributed by atoms with E-state index in [0.717, 1.165) is 28.3 Å². The van der Waals surface area contributed by atoms with Crippen molar-refractivity contribution in [2.75, 3.05) is 0 Å². The van der Waals surface area contributed by atoms with E-state index in [1.165, 1.54) is 0 Å². The van der Waals surface area contributed by atoms with Crippen LogP contribution in [0, 0.1) is 5.92 Å². The Morgan fingerprint density at radius 1 is 1.38 bits per heavy atom. The molecule has 4 rings (SSSR count). The van der Waals surface area contributed by atoms with E-state index in [1.54, 1.807) is 31.3 Å². The van der Waals surface area contributed by atoms with Gasteiger partial charge < -0.3 is 9.52 Å². The zero-order chi connectivity index (χ0) is 16.8. The number of pyridine rings is 1. The molecule has 0 saturated carbocycles. The molecule has 0 spiro atoms. The first-order chi connectivity index (χ1) is 11.5. The van der Waals surface area contributed by atoms with E-state index in [9.17, 15) is 9.90 Å².